The zero-order chi connectivity index (χ0) is 12.4. The Morgan fingerprint density at radius 2 is 2.18 bits per heavy atom. The number of nitrogens with zero attached hydrogens (tertiary/aromatic N) is 2. The Bertz CT molecular complexity index is 564. The van der Waals surface area contributed by atoms with Crippen LogP contribution in [0.15, 0.2) is 30.5 Å². The smallest absolute Gasteiger partial charge is 0.261 e. The highest BCUT2D eigenvalue weighted by Gasteiger charge is 2.14. The summed E-state index contributed by atoms with van der Waals surface area (Å²) in [6.45, 7) is 0. The first-order valence-corrected chi connectivity index (χ1v) is 6.01. The summed E-state index contributed by atoms with van der Waals surface area (Å²) >= 11 is 2.16. The number of nitrogens with one attached hydrogen (secondary N) is 1. The molecule has 2 aromatic rings. The molecule has 2 rings (SSSR count). The number of halogens is 1. The third-order valence-corrected chi connectivity index (χ3v) is 3.29. The average Bonchev–Trinajstić information content (AvgIpc) is 2.63. The minimum absolute atomic E-state index is 0.250. The highest BCUT2D eigenvalue weighted by Crippen LogP contribution is 2.19. The molecule has 17 heavy (non-hydrogen) atoms. The van der Waals surface area contributed by atoms with Crippen molar-refractivity contribution >= 4 is 40.0 Å². The summed E-state index contributed by atoms with van der Waals surface area (Å²) in [7, 11) is 1.69. The lowest BCUT2D eigenvalue weighted by Gasteiger charge is -2.06. The van der Waals surface area contributed by atoms with Crippen LogP contribution < -0.4 is 11.1 Å². The highest BCUT2D eigenvalue weighted by molar-refractivity contribution is 14.1. The number of amides is 1. The predicted molar refractivity (Wildman–Crippen MR) is 74.7 cm³/mol. The number of para-hydroxylation sites is 1. The maximum atomic E-state index is 12.0. The van der Waals surface area contributed by atoms with E-state index in [0.29, 0.717) is 11.4 Å². The van der Waals surface area contributed by atoms with E-state index < -0.39 is 0 Å². The van der Waals surface area contributed by atoms with E-state index in [2.05, 4.69) is 33.0 Å². The van der Waals surface area contributed by atoms with Crippen LogP contribution in [-0.4, -0.2) is 15.7 Å². The second-order valence-corrected chi connectivity index (χ2v) is 4.66. The van der Waals surface area contributed by atoms with Gasteiger partial charge in [0.2, 0.25) is 0 Å². The molecule has 0 atom stereocenters. The van der Waals surface area contributed by atoms with Crippen LogP contribution in [-0.2, 0) is 7.05 Å². The van der Waals surface area contributed by atoms with Crippen molar-refractivity contribution in [2.24, 2.45) is 7.05 Å². The van der Waals surface area contributed by atoms with Crippen LogP contribution >= 0.6 is 22.6 Å². The zero-order valence-electron chi connectivity index (χ0n) is 9.14. The maximum absolute atomic E-state index is 12.0. The van der Waals surface area contributed by atoms with Crippen LogP contribution in [0.5, 0.6) is 0 Å². The Labute approximate surface area is 112 Å². The van der Waals surface area contributed by atoms with Gasteiger partial charge in [-0.1, -0.05) is 12.1 Å². The molecule has 0 unspecified atom stereocenters. The van der Waals surface area contributed by atoms with Crippen molar-refractivity contribution in [2.75, 3.05) is 11.1 Å². The number of carbonyl (C=O) groups is 1. The molecule has 5 nitrogen and oxygen atoms in total. The Morgan fingerprint density at radius 1 is 1.47 bits per heavy atom. The maximum Gasteiger partial charge on any atom is 0.261 e. The predicted octanol–water partition coefficient (Wildman–Crippen LogP) is 1.86. The van der Waals surface area contributed by atoms with Gasteiger partial charge in [-0.05, 0) is 34.7 Å². The third kappa shape index (κ3) is 2.41. The van der Waals surface area contributed by atoms with E-state index in [1.807, 2.05) is 24.3 Å². The van der Waals surface area contributed by atoms with E-state index in [1.54, 1.807) is 7.05 Å². The molecule has 0 saturated heterocycles. The van der Waals surface area contributed by atoms with Gasteiger partial charge in [0, 0.05) is 10.6 Å². The van der Waals surface area contributed by atoms with Crippen LogP contribution in [0.25, 0.3) is 0 Å². The average molecular weight is 342 g/mol. The van der Waals surface area contributed by atoms with Gasteiger partial charge < -0.3 is 11.1 Å². The van der Waals surface area contributed by atoms with Crippen LogP contribution in [0.2, 0.25) is 0 Å². The quantitative estimate of drug-likeness (QED) is 0.819. The first-order valence-electron chi connectivity index (χ1n) is 4.93. The van der Waals surface area contributed by atoms with Crippen LogP contribution in [0.3, 0.4) is 0 Å². The van der Waals surface area contributed by atoms with Crippen molar-refractivity contribution in [3.8, 4) is 0 Å². The summed E-state index contributed by atoms with van der Waals surface area (Å²) in [5, 5.41) is 6.73. The SMILES string of the molecule is Cn1ncc(C(=O)Nc2ccccc2I)c1N. The summed E-state index contributed by atoms with van der Waals surface area (Å²) in [4.78, 5) is 12.0. The van der Waals surface area contributed by atoms with Crippen molar-refractivity contribution in [2.45, 2.75) is 0 Å². The molecule has 1 aromatic heterocycles. The Kier molecular flexibility index (Phi) is 3.32. The fourth-order valence-corrected chi connectivity index (χ4v) is 1.90. The summed E-state index contributed by atoms with van der Waals surface area (Å²) in [5.74, 6) is 0.105. The second kappa shape index (κ2) is 4.74. The number of nitrogens with two attached hydrogens (primary N) is 1. The molecule has 0 spiro atoms. The third-order valence-electron chi connectivity index (χ3n) is 2.35. The molecule has 1 amide bonds. The van der Waals surface area contributed by atoms with Crippen molar-refractivity contribution in [1.29, 1.82) is 0 Å². The van der Waals surface area contributed by atoms with Crippen molar-refractivity contribution in [3.63, 3.8) is 0 Å². The number of benzene rings is 1. The standard InChI is InChI=1S/C11H11IN4O/c1-16-10(13)7(6-14-16)11(17)15-9-5-3-2-4-8(9)12/h2-6H,13H2,1H3,(H,15,17). The molecule has 0 bridgehead atoms. The molecule has 1 aromatic carbocycles. The van der Waals surface area contributed by atoms with Crippen molar-refractivity contribution < 1.29 is 4.79 Å². The first kappa shape index (κ1) is 11.9. The number of carbonyl (C=O) groups excluding carboxylic acids is 1. The van der Waals surface area contributed by atoms with Gasteiger partial charge >= 0.3 is 0 Å². The number of aryl methyl sites for hydroxylation is 1. The van der Waals surface area contributed by atoms with Gasteiger partial charge in [0.05, 0.1) is 11.9 Å². The highest BCUT2D eigenvalue weighted by atomic mass is 127. The molecule has 1 heterocycles. The molecule has 0 aliphatic rings. The molecule has 88 valence electrons. The Morgan fingerprint density at radius 3 is 2.76 bits per heavy atom. The normalized spacial score (nSPS) is 10.2. The number of nitrogen functional groups attached to an aromatic ring is 1. The largest absolute Gasteiger partial charge is 0.383 e. The molecule has 0 radical (unpaired) electrons. The van der Waals surface area contributed by atoms with Gasteiger partial charge in [0.15, 0.2) is 0 Å². The summed E-state index contributed by atoms with van der Waals surface area (Å²) in [6.07, 6.45) is 1.46. The number of rotatable bonds is 2. The van der Waals surface area contributed by atoms with E-state index in [1.165, 1.54) is 10.9 Å². The Hall–Kier alpha value is -1.57. The lowest BCUT2D eigenvalue weighted by Crippen LogP contribution is -2.14. The van der Waals surface area contributed by atoms with Crippen LogP contribution in [0, 0.1) is 3.57 Å². The van der Waals surface area contributed by atoms with E-state index in [0.717, 1.165) is 9.26 Å². The molecule has 3 N–H and O–H groups in total. The topological polar surface area (TPSA) is 72.9 Å². The molecular weight excluding hydrogens is 331 g/mol. The monoisotopic (exact) mass is 342 g/mol. The summed E-state index contributed by atoms with van der Waals surface area (Å²) in [6, 6.07) is 7.54. The van der Waals surface area contributed by atoms with Gasteiger partial charge in [0.1, 0.15) is 11.4 Å². The van der Waals surface area contributed by atoms with E-state index in [-0.39, 0.29) is 5.91 Å². The van der Waals surface area contributed by atoms with Gasteiger partial charge in [-0.3, -0.25) is 9.48 Å². The molecule has 0 aliphatic heterocycles. The minimum Gasteiger partial charge on any atom is -0.383 e. The summed E-state index contributed by atoms with van der Waals surface area (Å²) in [5.41, 5.74) is 6.88. The molecule has 6 heteroatoms. The number of hydrogen-bond acceptors (Lipinski definition) is 3. The molecular formula is C11H11IN4O. The van der Waals surface area contributed by atoms with Gasteiger partial charge in [0.25, 0.3) is 5.91 Å². The summed E-state index contributed by atoms with van der Waals surface area (Å²) < 4.78 is 2.44. The van der Waals surface area contributed by atoms with Crippen LogP contribution in [0.1, 0.15) is 10.4 Å². The van der Waals surface area contributed by atoms with Gasteiger partial charge in [-0.2, -0.15) is 5.10 Å². The number of anilines is 2. The second-order valence-electron chi connectivity index (χ2n) is 3.50. The number of aromatic nitrogens is 2. The number of hydrogen-bond donors (Lipinski definition) is 2. The van der Waals surface area contributed by atoms with Crippen molar-refractivity contribution in [1.82, 2.24) is 9.78 Å². The van der Waals surface area contributed by atoms with Crippen molar-refractivity contribution in [3.05, 3.63) is 39.6 Å². The van der Waals surface area contributed by atoms with Gasteiger partial charge in [-0.25, -0.2) is 0 Å². The molecule has 0 fully saturated rings. The van der Waals surface area contributed by atoms with Crippen LogP contribution in [0.4, 0.5) is 11.5 Å². The lowest BCUT2D eigenvalue weighted by molar-refractivity contribution is 0.102. The molecule has 0 saturated carbocycles. The molecule has 0 aliphatic carbocycles. The van der Waals surface area contributed by atoms with E-state index in [9.17, 15) is 4.79 Å². The fourth-order valence-electron chi connectivity index (χ4n) is 1.37. The van der Waals surface area contributed by atoms with Gasteiger partial charge in [-0.15, -0.1) is 0 Å². The van der Waals surface area contributed by atoms with E-state index >= 15 is 0 Å². The first-order chi connectivity index (χ1) is 8.09. The zero-order valence-corrected chi connectivity index (χ0v) is 11.3. The van der Waals surface area contributed by atoms with E-state index in [4.69, 9.17) is 5.73 Å². The minimum atomic E-state index is -0.250. The lowest BCUT2D eigenvalue weighted by atomic mass is 10.2. The fraction of sp³-hybridized carbons (Fsp3) is 0.0909. The Balaban J connectivity index is 2.23.